The van der Waals surface area contributed by atoms with Gasteiger partial charge in [-0.2, -0.15) is 0 Å². The molecule has 0 amide bonds. The van der Waals surface area contributed by atoms with Crippen molar-refractivity contribution in [2.24, 2.45) is 40.5 Å². The largest absolute Gasteiger partial charge is 0.481 e. The molecule has 4 unspecified atom stereocenters. The maximum Gasteiger partial charge on any atom is 0.340 e. The summed E-state index contributed by atoms with van der Waals surface area (Å²) in [7, 11) is 0. The van der Waals surface area contributed by atoms with Gasteiger partial charge in [-0.05, 0) is 118 Å². The summed E-state index contributed by atoms with van der Waals surface area (Å²) >= 11 is 0. The predicted molar refractivity (Wildman–Crippen MR) is 193 cm³/mol. The Morgan fingerprint density at radius 2 is 1.36 bits per heavy atom. The zero-order chi connectivity index (χ0) is 37.0. The number of nitrogens with zero attached hydrogens (tertiary/aromatic N) is 1. The van der Waals surface area contributed by atoms with Gasteiger partial charge in [-0.25, -0.2) is 14.8 Å². The van der Waals surface area contributed by atoms with Gasteiger partial charge in [0.1, 0.15) is 18.0 Å². The van der Waals surface area contributed by atoms with Crippen LogP contribution in [-0.2, 0) is 30.4 Å². The molecule has 3 N–H and O–H groups in total. The third kappa shape index (κ3) is 8.79. The number of hydrogen-bond donors (Lipinski definition) is 3. The van der Waals surface area contributed by atoms with Gasteiger partial charge in [0.2, 0.25) is 0 Å². The van der Waals surface area contributed by atoms with Gasteiger partial charge in [-0.1, -0.05) is 48.1 Å². The van der Waals surface area contributed by atoms with Crippen LogP contribution in [-0.4, -0.2) is 51.2 Å². The van der Waals surface area contributed by atoms with Crippen LogP contribution in [0.3, 0.4) is 0 Å². The van der Waals surface area contributed by atoms with E-state index < -0.39 is 17.9 Å². The van der Waals surface area contributed by atoms with Gasteiger partial charge in [-0.15, -0.1) is 0 Å². The van der Waals surface area contributed by atoms with Crippen LogP contribution in [0, 0.1) is 42.4 Å². The predicted octanol–water partition coefficient (Wildman–Crippen LogP) is 8.86. The van der Waals surface area contributed by atoms with E-state index in [1.54, 1.807) is 0 Å². The Balaban J connectivity index is 1.75. The molecule has 0 bridgehead atoms. The number of aromatic amines is 1. The Morgan fingerprint density at radius 3 is 1.86 bits per heavy atom. The zero-order valence-electron chi connectivity index (χ0n) is 31.5. The maximum atomic E-state index is 14.0. The second kappa shape index (κ2) is 16.6. The molecule has 0 aromatic carbocycles. The number of allylic oxidation sites excluding steroid dienone is 3. The van der Waals surface area contributed by atoms with Crippen molar-refractivity contribution in [3.63, 3.8) is 0 Å². The Kier molecular flexibility index (Phi) is 13.0. The van der Waals surface area contributed by atoms with E-state index in [0.29, 0.717) is 76.2 Å². The average molecular weight is 695 g/mol. The Labute approximate surface area is 297 Å². The number of rotatable bonds is 13. The van der Waals surface area contributed by atoms with E-state index in [4.69, 9.17) is 19.7 Å². The average Bonchev–Trinajstić information content (AvgIpc) is 3.54. The molecule has 2 fully saturated rings. The molecule has 3 aliphatic rings. The number of carboxylic acid groups (broad SMARTS) is 1. The number of carbonyl (C=O) groups excluding carboxylic acids is 2. The molecule has 0 radical (unpaired) electrons. The third-order valence-electron chi connectivity index (χ3n) is 11.1. The first-order valence-corrected chi connectivity index (χ1v) is 18.4. The van der Waals surface area contributed by atoms with Crippen LogP contribution in [0.25, 0.3) is 5.57 Å². The number of aryl methyl sites for hydroxylation is 1. The lowest BCUT2D eigenvalue weighted by Gasteiger charge is -2.37. The summed E-state index contributed by atoms with van der Waals surface area (Å²) in [4.78, 5) is 52.0. The third-order valence-corrected chi connectivity index (χ3v) is 11.1. The van der Waals surface area contributed by atoms with Crippen molar-refractivity contribution in [1.82, 2.24) is 4.98 Å². The van der Waals surface area contributed by atoms with Crippen LogP contribution in [0.15, 0.2) is 34.2 Å². The number of hydrogen-bond acceptors (Lipinski definition) is 8. The fraction of sp³-hybridized carbons (Fsp3) is 0.650. The van der Waals surface area contributed by atoms with Crippen molar-refractivity contribution in [3.05, 3.63) is 51.7 Å². The fourth-order valence-electron chi connectivity index (χ4n) is 8.98. The Morgan fingerprint density at radius 1 is 0.840 bits per heavy atom. The summed E-state index contributed by atoms with van der Waals surface area (Å²) < 4.78 is 12.5. The van der Waals surface area contributed by atoms with Gasteiger partial charge in [-0.3, -0.25) is 9.79 Å². The highest BCUT2D eigenvalue weighted by Crippen LogP contribution is 2.40. The number of nitrogens with one attached hydrogen (secondary N) is 1. The highest BCUT2D eigenvalue weighted by atomic mass is 17.1. The number of ether oxygens (including phenoxy) is 2. The number of carbonyl (C=O) groups is 3. The highest BCUT2D eigenvalue weighted by Gasteiger charge is 2.38. The Bertz CT molecular complexity index is 1540. The smallest absolute Gasteiger partial charge is 0.340 e. The molecule has 4 rings (SSSR count). The fourth-order valence-corrected chi connectivity index (χ4v) is 8.98. The van der Waals surface area contributed by atoms with Crippen molar-refractivity contribution in [1.29, 1.82) is 0 Å². The summed E-state index contributed by atoms with van der Waals surface area (Å²) in [5, 5.41) is 18.5. The summed E-state index contributed by atoms with van der Waals surface area (Å²) in [6.07, 6.45) is 4.75. The van der Waals surface area contributed by atoms with Crippen LogP contribution < -0.4 is 0 Å². The van der Waals surface area contributed by atoms with Crippen LogP contribution in [0.5, 0.6) is 0 Å². The molecule has 10 nitrogen and oxygen atoms in total. The van der Waals surface area contributed by atoms with Crippen LogP contribution in [0.4, 0.5) is 0 Å². The van der Waals surface area contributed by atoms with Gasteiger partial charge in [0.25, 0.3) is 0 Å². The lowest BCUT2D eigenvalue weighted by Crippen LogP contribution is -2.38. The van der Waals surface area contributed by atoms with Crippen LogP contribution in [0.2, 0.25) is 0 Å². The van der Waals surface area contributed by atoms with Gasteiger partial charge < -0.3 is 24.5 Å². The standard InChI is InChI=1S/C40H58N2O8/c1-20-16-22(3)37(23(4)17-20)48-39(45)33-27(8)35(41-30(33)12-11-13-32(43)44)29(10)36-28(9)34(31(42-36)15-14-26(7)50-47)40(46)49-38-24(5)18-21(2)19-25(38)6/h20-25,37-38,41,47H,7,11-19H2,1-6,8-10H3,(H,43,44). The summed E-state index contributed by atoms with van der Waals surface area (Å²) in [6.45, 7) is 22.3. The molecule has 2 saturated carbocycles. The zero-order valence-corrected chi connectivity index (χ0v) is 31.5. The minimum absolute atomic E-state index is 0.0303. The SMILES string of the molecule is C=C(CCC1=NC(=C(C)c2[nH]c(CCCC(=O)O)c(C(=O)OC3C(C)CC(C)CC3C)c2C)C(C)=C1C(=O)OC1C(C)CC(C)CC1C)OO. The number of H-pyrrole nitrogens is 1. The molecule has 2 heterocycles. The Hall–Kier alpha value is -3.66. The molecule has 50 heavy (non-hydrogen) atoms. The van der Waals surface area contributed by atoms with Gasteiger partial charge in [0.15, 0.2) is 0 Å². The van der Waals surface area contributed by atoms with E-state index >= 15 is 0 Å². The lowest BCUT2D eigenvalue weighted by atomic mass is 9.75. The minimum atomic E-state index is -0.899. The topological polar surface area (TPSA) is 148 Å². The van der Waals surface area contributed by atoms with Crippen LogP contribution >= 0.6 is 0 Å². The normalized spacial score (nSPS) is 29.4. The first-order valence-electron chi connectivity index (χ1n) is 18.4. The minimum Gasteiger partial charge on any atom is -0.481 e. The van der Waals surface area contributed by atoms with E-state index in [1.807, 2.05) is 20.8 Å². The van der Waals surface area contributed by atoms with Gasteiger partial charge >= 0.3 is 17.9 Å². The molecular formula is C40H58N2O8. The molecule has 4 atom stereocenters. The van der Waals surface area contributed by atoms with E-state index in [2.05, 4.69) is 58.0 Å². The molecule has 10 heteroatoms. The number of aliphatic carboxylic acids is 1. The summed E-state index contributed by atoms with van der Waals surface area (Å²) in [5.74, 6) is 0.454. The molecule has 276 valence electrons. The highest BCUT2D eigenvalue weighted by molar-refractivity contribution is 6.23. The molecule has 1 aromatic rings. The first-order chi connectivity index (χ1) is 23.5. The van der Waals surface area contributed by atoms with Crippen molar-refractivity contribution in [2.45, 2.75) is 132 Å². The second-order valence-corrected chi connectivity index (χ2v) is 15.7. The first kappa shape index (κ1) is 39.1. The van der Waals surface area contributed by atoms with E-state index in [0.717, 1.165) is 31.3 Å². The molecule has 0 saturated heterocycles. The summed E-state index contributed by atoms with van der Waals surface area (Å²) in [6, 6.07) is 0. The van der Waals surface area contributed by atoms with Crippen molar-refractivity contribution < 1.29 is 39.1 Å². The van der Waals surface area contributed by atoms with Gasteiger partial charge in [0.05, 0.1) is 22.5 Å². The van der Waals surface area contributed by atoms with Crippen LogP contribution in [0.1, 0.15) is 134 Å². The molecular weight excluding hydrogens is 636 g/mol. The summed E-state index contributed by atoms with van der Waals surface area (Å²) in [5.41, 5.74) is 5.32. The molecule has 2 aliphatic carbocycles. The number of aliphatic imine (C=N–C) groups is 1. The molecule has 1 aromatic heterocycles. The molecule has 0 spiro atoms. The van der Waals surface area contributed by atoms with E-state index in [1.165, 1.54) is 0 Å². The number of aromatic nitrogens is 1. The van der Waals surface area contributed by atoms with E-state index in [9.17, 15) is 19.5 Å². The maximum absolute atomic E-state index is 14.0. The quantitative estimate of drug-likeness (QED) is 0.0803. The van der Waals surface area contributed by atoms with Crippen molar-refractivity contribution in [3.8, 4) is 0 Å². The lowest BCUT2D eigenvalue weighted by molar-refractivity contribution is -0.204. The van der Waals surface area contributed by atoms with Crippen molar-refractivity contribution >= 4 is 29.2 Å². The van der Waals surface area contributed by atoms with Gasteiger partial charge in [0, 0.05) is 24.2 Å². The van der Waals surface area contributed by atoms with E-state index in [-0.39, 0.29) is 54.5 Å². The second-order valence-electron chi connectivity index (χ2n) is 15.7. The monoisotopic (exact) mass is 694 g/mol. The number of carboxylic acids is 1. The van der Waals surface area contributed by atoms with Crippen molar-refractivity contribution in [2.75, 3.05) is 0 Å². The number of esters is 2. The molecule has 1 aliphatic heterocycles.